The number of hydrogen-bond acceptors (Lipinski definition) is 4. The van der Waals surface area contributed by atoms with Gasteiger partial charge in [0.05, 0.1) is 17.6 Å². The van der Waals surface area contributed by atoms with Gasteiger partial charge >= 0.3 is 5.97 Å². The van der Waals surface area contributed by atoms with E-state index in [0.717, 1.165) is 11.1 Å². The zero-order valence-corrected chi connectivity index (χ0v) is 17.1. The Morgan fingerprint density at radius 3 is 2.65 bits per heavy atom. The van der Waals surface area contributed by atoms with Crippen LogP contribution >= 0.6 is 39.1 Å². The zero-order chi connectivity index (χ0) is 19.1. The second kappa shape index (κ2) is 10.0. The SMILES string of the molecule is CCOc1cc(CNCC(=O)O)cc(Br)c1OCc1ccc(Cl)cc1Cl. The van der Waals surface area contributed by atoms with Gasteiger partial charge in [-0.05, 0) is 52.7 Å². The fourth-order valence-corrected chi connectivity index (χ4v) is 3.30. The number of ether oxygens (including phenoxy) is 2. The summed E-state index contributed by atoms with van der Waals surface area (Å²) in [6.07, 6.45) is 0. The topological polar surface area (TPSA) is 67.8 Å². The van der Waals surface area contributed by atoms with Crippen LogP contribution in [-0.2, 0) is 17.9 Å². The Labute approximate surface area is 170 Å². The van der Waals surface area contributed by atoms with Crippen molar-refractivity contribution in [2.45, 2.75) is 20.1 Å². The number of hydrogen-bond donors (Lipinski definition) is 2. The predicted octanol–water partition coefficient (Wildman–Crippen LogP) is 4.91. The fourth-order valence-electron chi connectivity index (χ4n) is 2.23. The van der Waals surface area contributed by atoms with Crippen LogP contribution in [-0.4, -0.2) is 24.2 Å². The Morgan fingerprint density at radius 1 is 1.23 bits per heavy atom. The van der Waals surface area contributed by atoms with Gasteiger partial charge in [0, 0.05) is 22.2 Å². The van der Waals surface area contributed by atoms with Crippen molar-refractivity contribution >= 4 is 45.1 Å². The summed E-state index contributed by atoms with van der Waals surface area (Å²) in [5.74, 6) is 0.216. The molecule has 0 aliphatic heterocycles. The van der Waals surface area contributed by atoms with Crippen LogP contribution in [0.3, 0.4) is 0 Å². The summed E-state index contributed by atoms with van der Waals surface area (Å²) in [7, 11) is 0. The van der Waals surface area contributed by atoms with Gasteiger partial charge in [0.2, 0.25) is 0 Å². The largest absolute Gasteiger partial charge is 0.490 e. The fraction of sp³-hybridized carbons (Fsp3) is 0.278. The number of carboxylic acids is 1. The summed E-state index contributed by atoms with van der Waals surface area (Å²) in [4.78, 5) is 10.6. The molecule has 0 fully saturated rings. The molecule has 0 aromatic heterocycles. The molecule has 0 spiro atoms. The van der Waals surface area contributed by atoms with Crippen molar-refractivity contribution < 1.29 is 19.4 Å². The van der Waals surface area contributed by atoms with Gasteiger partial charge in [0.15, 0.2) is 11.5 Å². The molecule has 140 valence electrons. The normalized spacial score (nSPS) is 10.6. The zero-order valence-electron chi connectivity index (χ0n) is 14.0. The van der Waals surface area contributed by atoms with E-state index in [4.69, 9.17) is 37.8 Å². The average Bonchev–Trinajstić information content (AvgIpc) is 2.55. The van der Waals surface area contributed by atoms with Crippen molar-refractivity contribution in [2.24, 2.45) is 0 Å². The molecule has 0 bridgehead atoms. The minimum atomic E-state index is -0.908. The van der Waals surface area contributed by atoms with Crippen LogP contribution in [0.25, 0.3) is 0 Å². The molecular formula is C18H18BrCl2NO4. The lowest BCUT2D eigenvalue weighted by atomic mass is 10.2. The van der Waals surface area contributed by atoms with Crippen molar-refractivity contribution in [1.29, 1.82) is 0 Å². The molecule has 5 nitrogen and oxygen atoms in total. The van der Waals surface area contributed by atoms with Crippen LogP contribution in [0, 0.1) is 0 Å². The van der Waals surface area contributed by atoms with Gasteiger partial charge in [-0.3, -0.25) is 4.79 Å². The van der Waals surface area contributed by atoms with Crippen LogP contribution in [0.1, 0.15) is 18.1 Å². The Balaban J connectivity index is 2.16. The first-order valence-electron chi connectivity index (χ1n) is 7.85. The standard InChI is InChI=1S/C18H18BrCl2NO4/c1-2-25-16-6-11(8-22-9-17(23)24)5-14(19)18(16)26-10-12-3-4-13(20)7-15(12)21/h3-7,22H,2,8-10H2,1H3,(H,23,24). The lowest BCUT2D eigenvalue weighted by molar-refractivity contribution is -0.135. The highest BCUT2D eigenvalue weighted by Crippen LogP contribution is 2.38. The number of halogens is 3. The smallest absolute Gasteiger partial charge is 0.317 e. The number of nitrogens with one attached hydrogen (secondary N) is 1. The van der Waals surface area contributed by atoms with E-state index >= 15 is 0 Å². The molecule has 0 amide bonds. The van der Waals surface area contributed by atoms with E-state index in [2.05, 4.69) is 21.2 Å². The number of carbonyl (C=O) groups is 1. The number of aliphatic carboxylic acids is 1. The predicted molar refractivity (Wildman–Crippen MR) is 105 cm³/mol. The molecule has 0 saturated carbocycles. The second-order valence-electron chi connectivity index (χ2n) is 5.36. The van der Waals surface area contributed by atoms with Crippen molar-refractivity contribution in [3.8, 4) is 11.5 Å². The van der Waals surface area contributed by atoms with Gasteiger partial charge in [-0.1, -0.05) is 29.3 Å². The average molecular weight is 463 g/mol. The van der Waals surface area contributed by atoms with Crippen LogP contribution in [0.15, 0.2) is 34.8 Å². The summed E-state index contributed by atoms with van der Waals surface area (Å²) in [6, 6.07) is 8.90. The number of rotatable bonds is 9. The second-order valence-corrected chi connectivity index (χ2v) is 7.06. The molecule has 2 rings (SSSR count). The third-order valence-electron chi connectivity index (χ3n) is 3.36. The number of benzene rings is 2. The quantitative estimate of drug-likeness (QED) is 0.554. The Kier molecular flexibility index (Phi) is 8.03. The molecule has 0 aliphatic carbocycles. The van der Waals surface area contributed by atoms with E-state index in [1.54, 1.807) is 12.1 Å². The summed E-state index contributed by atoms with van der Waals surface area (Å²) < 4.78 is 12.3. The van der Waals surface area contributed by atoms with Crippen molar-refractivity contribution in [3.63, 3.8) is 0 Å². The van der Waals surface area contributed by atoms with Gasteiger partial charge in [0.1, 0.15) is 6.61 Å². The highest BCUT2D eigenvalue weighted by atomic mass is 79.9. The first-order valence-corrected chi connectivity index (χ1v) is 9.40. The molecule has 0 radical (unpaired) electrons. The molecule has 8 heteroatoms. The van der Waals surface area contributed by atoms with E-state index in [1.807, 2.05) is 25.1 Å². The maximum absolute atomic E-state index is 10.6. The molecule has 2 aromatic rings. The molecule has 2 aromatic carbocycles. The molecule has 0 unspecified atom stereocenters. The molecule has 0 saturated heterocycles. The Hall–Kier alpha value is -1.47. The molecule has 0 heterocycles. The maximum atomic E-state index is 10.6. The van der Waals surface area contributed by atoms with Crippen molar-refractivity contribution in [1.82, 2.24) is 5.32 Å². The van der Waals surface area contributed by atoms with Crippen molar-refractivity contribution in [3.05, 3.63) is 56.0 Å². The van der Waals surface area contributed by atoms with E-state index in [0.29, 0.717) is 39.2 Å². The van der Waals surface area contributed by atoms with E-state index in [1.165, 1.54) is 0 Å². The maximum Gasteiger partial charge on any atom is 0.317 e. The minimum Gasteiger partial charge on any atom is -0.490 e. The lowest BCUT2D eigenvalue weighted by Gasteiger charge is -2.16. The van der Waals surface area contributed by atoms with Crippen LogP contribution in [0.5, 0.6) is 11.5 Å². The Bertz CT molecular complexity index is 786. The minimum absolute atomic E-state index is 0.116. The highest BCUT2D eigenvalue weighted by Gasteiger charge is 2.14. The molecular weight excluding hydrogens is 445 g/mol. The van der Waals surface area contributed by atoms with E-state index in [9.17, 15) is 4.79 Å². The van der Waals surface area contributed by atoms with Gasteiger partial charge in [-0.2, -0.15) is 0 Å². The third kappa shape index (κ3) is 6.06. The summed E-state index contributed by atoms with van der Waals surface area (Å²) in [5, 5.41) is 12.6. The molecule has 26 heavy (non-hydrogen) atoms. The van der Waals surface area contributed by atoms with Gasteiger partial charge < -0.3 is 19.9 Å². The van der Waals surface area contributed by atoms with Crippen LogP contribution in [0.2, 0.25) is 10.0 Å². The monoisotopic (exact) mass is 461 g/mol. The van der Waals surface area contributed by atoms with E-state index < -0.39 is 5.97 Å². The third-order valence-corrected chi connectivity index (χ3v) is 4.54. The molecule has 0 atom stereocenters. The first kappa shape index (κ1) is 20.8. The lowest BCUT2D eigenvalue weighted by Crippen LogP contribution is -2.21. The van der Waals surface area contributed by atoms with Gasteiger partial charge in [-0.15, -0.1) is 0 Å². The first-order chi connectivity index (χ1) is 12.4. The van der Waals surface area contributed by atoms with Crippen LogP contribution < -0.4 is 14.8 Å². The van der Waals surface area contributed by atoms with Crippen LogP contribution in [0.4, 0.5) is 0 Å². The Morgan fingerprint density at radius 2 is 2.00 bits per heavy atom. The summed E-state index contributed by atoms with van der Waals surface area (Å²) in [6.45, 7) is 2.88. The van der Waals surface area contributed by atoms with Gasteiger partial charge in [0.25, 0.3) is 0 Å². The van der Waals surface area contributed by atoms with Gasteiger partial charge in [-0.25, -0.2) is 0 Å². The molecule has 2 N–H and O–H groups in total. The van der Waals surface area contributed by atoms with E-state index in [-0.39, 0.29) is 13.2 Å². The number of carboxylic acid groups (broad SMARTS) is 1. The van der Waals surface area contributed by atoms with Crippen molar-refractivity contribution in [2.75, 3.05) is 13.2 Å². The summed E-state index contributed by atoms with van der Waals surface area (Å²) >= 11 is 15.6. The molecule has 0 aliphatic rings. The summed E-state index contributed by atoms with van der Waals surface area (Å²) in [5.41, 5.74) is 1.68. The highest BCUT2D eigenvalue weighted by molar-refractivity contribution is 9.10.